The Bertz CT molecular complexity index is 489. The van der Waals surface area contributed by atoms with Crippen LogP contribution in [0.4, 0.5) is 5.82 Å². The molecule has 16 heavy (non-hydrogen) atoms. The number of hydrogen-bond donors (Lipinski definition) is 1. The summed E-state index contributed by atoms with van der Waals surface area (Å²) in [5.41, 5.74) is 10.9. The Morgan fingerprint density at radius 1 is 1.19 bits per heavy atom. The minimum Gasteiger partial charge on any atom is -0.382 e. The van der Waals surface area contributed by atoms with Gasteiger partial charge in [-0.3, -0.25) is 4.68 Å². The lowest BCUT2D eigenvalue weighted by molar-refractivity contribution is 0.684. The molecule has 0 fully saturated rings. The highest BCUT2D eigenvalue weighted by Gasteiger charge is 2.05. The Hall–Kier alpha value is -1.77. The van der Waals surface area contributed by atoms with E-state index in [0.29, 0.717) is 5.82 Å². The molecule has 2 N–H and O–H groups in total. The number of nitrogens with two attached hydrogens (primary N) is 1. The van der Waals surface area contributed by atoms with Gasteiger partial charge < -0.3 is 5.73 Å². The third-order valence-corrected chi connectivity index (χ3v) is 2.82. The fourth-order valence-corrected chi connectivity index (χ4v) is 2.09. The summed E-state index contributed by atoms with van der Waals surface area (Å²) in [7, 11) is 0. The molecular formula is C13H17N3. The Kier molecular flexibility index (Phi) is 2.69. The van der Waals surface area contributed by atoms with Crippen LogP contribution >= 0.6 is 0 Å². The molecule has 1 aromatic heterocycles. The fourth-order valence-electron chi connectivity index (χ4n) is 2.09. The number of aromatic nitrogens is 2. The van der Waals surface area contributed by atoms with E-state index < -0.39 is 0 Å². The van der Waals surface area contributed by atoms with Crippen LogP contribution in [-0.2, 0) is 6.54 Å². The van der Waals surface area contributed by atoms with Gasteiger partial charge in [0.1, 0.15) is 5.82 Å². The van der Waals surface area contributed by atoms with E-state index in [-0.39, 0.29) is 0 Å². The number of benzene rings is 1. The van der Waals surface area contributed by atoms with Crippen molar-refractivity contribution in [3.05, 3.63) is 46.6 Å². The van der Waals surface area contributed by atoms with Crippen molar-refractivity contribution in [3.63, 3.8) is 0 Å². The summed E-state index contributed by atoms with van der Waals surface area (Å²) in [5, 5.41) is 4.21. The predicted octanol–water partition coefficient (Wildman–Crippen LogP) is 2.44. The fraction of sp³-hybridized carbons (Fsp3) is 0.308. The van der Waals surface area contributed by atoms with E-state index in [0.717, 1.165) is 6.54 Å². The summed E-state index contributed by atoms with van der Waals surface area (Å²) in [6, 6.07) is 6.23. The molecule has 1 aromatic carbocycles. The standard InChI is InChI=1S/C13H17N3/c1-9-6-10(2)12(11(3)7-9)8-16-5-4-13(14)15-16/h4-7H,8H2,1-3H3,(H2,14,15). The minimum atomic E-state index is 0.572. The topological polar surface area (TPSA) is 43.8 Å². The van der Waals surface area contributed by atoms with Crippen molar-refractivity contribution in [2.45, 2.75) is 27.3 Å². The second-order valence-electron chi connectivity index (χ2n) is 4.32. The van der Waals surface area contributed by atoms with Crippen molar-refractivity contribution in [2.24, 2.45) is 0 Å². The highest BCUT2D eigenvalue weighted by Crippen LogP contribution is 2.17. The molecule has 3 nitrogen and oxygen atoms in total. The number of rotatable bonds is 2. The molecule has 0 aliphatic carbocycles. The van der Waals surface area contributed by atoms with Gasteiger partial charge in [-0.25, -0.2) is 0 Å². The first-order valence-electron chi connectivity index (χ1n) is 5.42. The zero-order chi connectivity index (χ0) is 11.7. The summed E-state index contributed by atoms with van der Waals surface area (Å²) >= 11 is 0. The molecule has 0 saturated carbocycles. The average molecular weight is 215 g/mol. The number of hydrogen-bond acceptors (Lipinski definition) is 2. The van der Waals surface area contributed by atoms with Crippen molar-refractivity contribution in [2.75, 3.05) is 5.73 Å². The van der Waals surface area contributed by atoms with Crippen LogP contribution in [0.5, 0.6) is 0 Å². The molecule has 0 radical (unpaired) electrons. The van der Waals surface area contributed by atoms with E-state index in [1.165, 1.54) is 22.3 Å². The van der Waals surface area contributed by atoms with E-state index >= 15 is 0 Å². The maximum Gasteiger partial charge on any atom is 0.145 e. The van der Waals surface area contributed by atoms with E-state index in [1.54, 1.807) is 0 Å². The highest BCUT2D eigenvalue weighted by atomic mass is 15.3. The van der Waals surface area contributed by atoms with Gasteiger partial charge in [-0.05, 0) is 43.5 Å². The van der Waals surface area contributed by atoms with Gasteiger partial charge in [-0.2, -0.15) is 5.10 Å². The molecule has 0 aliphatic rings. The van der Waals surface area contributed by atoms with Crippen LogP contribution in [0.3, 0.4) is 0 Å². The lowest BCUT2D eigenvalue weighted by Gasteiger charge is -2.11. The molecule has 0 atom stereocenters. The number of nitrogen functional groups attached to an aromatic ring is 1. The second-order valence-corrected chi connectivity index (χ2v) is 4.32. The summed E-state index contributed by atoms with van der Waals surface area (Å²) < 4.78 is 1.88. The summed E-state index contributed by atoms with van der Waals surface area (Å²) in [4.78, 5) is 0. The molecule has 2 rings (SSSR count). The quantitative estimate of drug-likeness (QED) is 0.836. The molecule has 1 heterocycles. The third-order valence-electron chi connectivity index (χ3n) is 2.82. The van der Waals surface area contributed by atoms with Crippen LogP contribution < -0.4 is 5.73 Å². The number of nitrogens with zero attached hydrogens (tertiary/aromatic N) is 2. The molecule has 0 bridgehead atoms. The molecule has 84 valence electrons. The molecule has 2 aromatic rings. The predicted molar refractivity (Wildman–Crippen MR) is 66.4 cm³/mol. The zero-order valence-corrected chi connectivity index (χ0v) is 9.99. The first kappa shape index (κ1) is 10.7. The third kappa shape index (κ3) is 2.08. The van der Waals surface area contributed by atoms with E-state index in [2.05, 4.69) is 38.0 Å². The Morgan fingerprint density at radius 3 is 2.31 bits per heavy atom. The van der Waals surface area contributed by atoms with Gasteiger partial charge in [0.2, 0.25) is 0 Å². The smallest absolute Gasteiger partial charge is 0.145 e. The molecule has 0 aliphatic heterocycles. The first-order chi connectivity index (χ1) is 7.56. The molecule has 0 unspecified atom stereocenters. The second kappa shape index (κ2) is 4.00. The lowest BCUT2D eigenvalue weighted by Crippen LogP contribution is -2.05. The minimum absolute atomic E-state index is 0.572. The maximum atomic E-state index is 5.60. The van der Waals surface area contributed by atoms with Crippen LogP contribution in [0.1, 0.15) is 22.3 Å². The van der Waals surface area contributed by atoms with Crippen LogP contribution in [0.2, 0.25) is 0 Å². The number of aryl methyl sites for hydroxylation is 3. The molecular weight excluding hydrogens is 198 g/mol. The van der Waals surface area contributed by atoms with Gasteiger partial charge in [0.25, 0.3) is 0 Å². The van der Waals surface area contributed by atoms with Gasteiger partial charge in [0.15, 0.2) is 0 Å². The van der Waals surface area contributed by atoms with Crippen LogP contribution in [0.15, 0.2) is 24.4 Å². The van der Waals surface area contributed by atoms with Crippen molar-refractivity contribution in [1.29, 1.82) is 0 Å². The Labute approximate surface area is 95.9 Å². The van der Waals surface area contributed by atoms with Gasteiger partial charge >= 0.3 is 0 Å². The lowest BCUT2D eigenvalue weighted by atomic mass is 10.00. The monoisotopic (exact) mass is 215 g/mol. The van der Waals surface area contributed by atoms with Crippen molar-refractivity contribution >= 4 is 5.82 Å². The normalized spacial score (nSPS) is 10.7. The van der Waals surface area contributed by atoms with Crippen LogP contribution in [0, 0.1) is 20.8 Å². The average Bonchev–Trinajstić information content (AvgIpc) is 2.58. The van der Waals surface area contributed by atoms with Gasteiger partial charge in [0, 0.05) is 6.20 Å². The Morgan fingerprint density at radius 2 is 1.81 bits per heavy atom. The highest BCUT2D eigenvalue weighted by molar-refractivity contribution is 5.37. The molecule has 0 spiro atoms. The largest absolute Gasteiger partial charge is 0.382 e. The van der Waals surface area contributed by atoms with E-state index in [4.69, 9.17) is 5.73 Å². The van der Waals surface area contributed by atoms with Crippen molar-refractivity contribution in [3.8, 4) is 0 Å². The van der Waals surface area contributed by atoms with E-state index in [1.807, 2.05) is 16.9 Å². The molecule has 0 saturated heterocycles. The van der Waals surface area contributed by atoms with Crippen LogP contribution in [-0.4, -0.2) is 9.78 Å². The number of anilines is 1. The maximum absolute atomic E-state index is 5.60. The zero-order valence-electron chi connectivity index (χ0n) is 9.99. The first-order valence-corrected chi connectivity index (χ1v) is 5.42. The van der Waals surface area contributed by atoms with Gasteiger partial charge in [-0.1, -0.05) is 17.7 Å². The van der Waals surface area contributed by atoms with Crippen molar-refractivity contribution < 1.29 is 0 Å². The van der Waals surface area contributed by atoms with E-state index in [9.17, 15) is 0 Å². The van der Waals surface area contributed by atoms with Crippen molar-refractivity contribution in [1.82, 2.24) is 9.78 Å². The van der Waals surface area contributed by atoms with Gasteiger partial charge in [0.05, 0.1) is 6.54 Å². The molecule has 0 amide bonds. The summed E-state index contributed by atoms with van der Waals surface area (Å²) in [6.45, 7) is 7.19. The van der Waals surface area contributed by atoms with Crippen LogP contribution in [0.25, 0.3) is 0 Å². The summed E-state index contributed by atoms with van der Waals surface area (Å²) in [5.74, 6) is 0.572. The Balaban J connectivity index is 2.34. The molecule has 3 heteroatoms. The SMILES string of the molecule is Cc1cc(C)c(Cn2ccc(N)n2)c(C)c1. The summed E-state index contributed by atoms with van der Waals surface area (Å²) in [6.07, 6.45) is 1.91. The van der Waals surface area contributed by atoms with Gasteiger partial charge in [-0.15, -0.1) is 0 Å².